The second-order valence-electron chi connectivity index (χ2n) is 8.24. The molecular formula is C23H30N6O. The van der Waals surface area contributed by atoms with Gasteiger partial charge in [-0.1, -0.05) is 12.1 Å². The number of piperidine rings is 1. The number of anilines is 1. The first-order valence-corrected chi connectivity index (χ1v) is 10.8. The molecule has 0 unspecified atom stereocenters. The van der Waals surface area contributed by atoms with Crippen LogP contribution >= 0.6 is 0 Å². The Hall–Kier alpha value is -2.96. The number of rotatable bonds is 7. The third kappa shape index (κ3) is 5.14. The Labute approximate surface area is 177 Å². The number of amides is 1. The fraction of sp³-hybridized carbons (Fsp3) is 0.478. The average molecular weight is 407 g/mol. The molecule has 0 bridgehead atoms. The Balaban J connectivity index is 1.16. The lowest BCUT2D eigenvalue weighted by molar-refractivity contribution is -0.121. The van der Waals surface area contributed by atoms with E-state index in [0.717, 1.165) is 79.5 Å². The number of aromatic nitrogens is 4. The van der Waals surface area contributed by atoms with Crippen molar-refractivity contribution in [2.75, 3.05) is 24.5 Å². The van der Waals surface area contributed by atoms with Crippen molar-refractivity contribution in [1.29, 1.82) is 0 Å². The van der Waals surface area contributed by atoms with Crippen molar-refractivity contribution in [3.05, 3.63) is 47.5 Å². The SMILES string of the molecule is Cc1cc(C)nc(N2CCC(CNC(=O)CCCc3nc4ccccc4[nH]3)CC2)n1. The number of nitrogens with one attached hydrogen (secondary N) is 2. The zero-order valence-electron chi connectivity index (χ0n) is 17.8. The summed E-state index contributed by atoms with van der Waals surface area (Å²) in [5, 5.41) is 3.12. The molecule has 1 aliphatic rings. The molecule has 4 rings (SSSR count). The maximum atomic E-state index is 12.2. The number of hydrogen-bond acceptors (Lipinski definition) is 5. The van der Waals surface area contributed by atoms with E-state index in [-0.39, 0.29) is 5.91 Å². The standard InChI is InChI=1S/C23H30N6O/c1-16-14-17(2)26-23(25-16)29-12-10-18(11-13-29)15-24-22(30)9-5-8-21-27-19-6-3-4-7-20(19)28-21/h3-4,6-7,14,18H,5,8-13,15H2,1-2H3,(H,24,30)(H,27,28). The third-order valence-electron chi connectivity index (χ3n) is 5.71. The number of nitrogens with zero attached hydrogens (tertiary/aromatic N) is 4. The first kappa shape index (κ1) is 20.3. The Morgan fingerprint density at radius 3 is 2.60 bits per heavy atom. The summed E-state index contributed by atoms with van der Waals surface area (Å²) in [5.74, 6) is 2.43. The molecule has 0 spiro atoms. The Morgan fingerprint density at radius 2 is 1.87 bits per heavy atom. The number of aryl methyl sites for hydroxylation is 3. The van der Waals surface area contributed by atoms with Gasteiger partial charge < -0.3 is 15.2 Å². The smallest absolute Gasteiger partial charge is 0.225 e. The van der Waals surface area contributed by atoms with E-state index >= 15 is 0 Å². The molecule has 1 aromatic carbocycles. The normalized spacial score (nSPS) is 14.9. The molecule has 7 heteroatoms. The van der Waals surface area contributed by atoms with E-state index in [1.165, 1.54) is 0 Å². The van der Waals surface area contributed by atoms with Crippen LogP contribution in [-0.4, -0.2) is 45.5 Å². The molecule has 2 N–H and O–H groups in total. The van der Waals surface area contributed by atoms with Gasteiger partial charge in [-0.3, -0.25) is 4.79 Å². The summed E-state index contributed by atoms with van der Waals surface area (Å²) < 4.78 is 0. The molecule has 3 aromatic rings. The van der Waals surface area contributed by atoms with Crippen molar-refractivity contribution < 1.29 is 4.79 Å². The number of para-hydroxylation sites is 2. The van der Waals surface area contributed by atoms with Crippen LogP contribution in [-0.2, 0) is 11.2 Å². The Morgan fingerprint density at radius 1 is 1.13 bits per heavy atom. The molecule has 7 nitrogen and oxygen atoms in total. The summed E-state index contributed by atoms with van der Waals surface area (Å²) in [6, 6.07) is 10.0. The van der Waals surface area contributed by atoms with Crippen molar-refractivity contribution in [2.45, 2.75) is 46.0 Å². The van der Waals surface area contributed by atoms with Crippen LogP contribution in [0.15, 0.2) is 30.3 Å². The lowest BCUT2D eigenvalue weighted by Gasteiger charge is -2.32. The number of hydrogen-bond donors (Lipinski definition) is 2. The van der Waals surface area contributed by atoms with Crippen LogP contribution in [0, 0.1) is 19.8 Å². The molecule has 158 valence electrons. The van der Waals surface area contributed by atoms with Crippen molar-refractivity contribution in [1.82, 2.24) is 25.3 Å². The van der Waals surface area contributed by atoms with Crippen LogP contribution in [0.2, 0.25) is 0 Å². The van der Waals surface area contributed by atoms with Crippen LogP contribution in [0.5, 0.6) is 0 Å². The highest BCUT2D eigenvalue weighted by Crippen LogP contribution is 2.21. The summed E-state index contributed by atoms with van der Waals surface area (Å²) in [6.07, 6.45) is 4.22. The highest BCUT2D eigenvalue weighted by Gasteiger charge is 2.21. The Kier molecular flexibility index (Phi) is 6.26. The molecule has 1 aliphatic heterocycles. The fourth-order valence-electron chi connectivity index (χ4n) is 4.07. The number of fused-ring (bicyclic) bond motifs is 1. The first-order valence-electron chi connectivity index (χ1n) is 10.8. The molecule has 0 saturated carbocycles. The predicted molar refractivity (Wildman–Crippen MR) is 118 cm³/mol. The van der Waals surface area contributed by atoms with Gasteiger partial charge in [0.05, 0.1) is 11.0 Å². The fourth-order valence-corrected chi connectivity index (χ4v) is 4.07. The lowest BCUT2D eigenvalue weighted by atomic mass is 9.97. The first-order chi connectivity index (χ1) is 14.6. The molecule has 1 saturated heterocycles. The number of carbonyl (C=O) groups excluding carboxylic acids is 1. The number of imidazole rings is 1. The van der Waals surface area contributed by atoms with Gasteiger partial charge in [0.15, 0.2) is 0 Å². The maximum Gasteiger partial charge on any atom is 0.225 e. The molecule has 3 heterocycles. The van der Waals surface area contributed by atoms with Gasteiger partial charge in [0.2, 0.25) is 11.9 Å². The molecule has 1 fully saturated rings. The Bertz CT molecular complexity index is 953. The second-order valence-corrected chi connectivity index (χ2v) is 8.24. The van der Waals surface area contributed by atoms with Gasteiger partial charge >= 0.3 is 0 Å². The number of benzene rings is 1. The van der Waals surface area contributed by atoms with Gasteiger partial charge in [0, 0.05) is 43.9 Å². The van der Waals surface area contributed by atoms with Crippen LogP contribution in [0.1, 0.15) is 42.9 Å². The summed E-state index contributed by atoms with van der Waals surface area (Å²) in [5.41, 5.74) is 4.05. The van der Waals surface area contributed by atoms with E-state index < -0.39 is 0 Å². The molecule has 0 aliphatic carbocycles. The summed E-state index contributed by atoms with van der Waals surface area (Å²) in [7, 11) is 0. The highest BCUT2D eigenvalue weighted by molar-refractivity contribution is 5.76. The predicted octanol–water partition coefficient (Wildman–Crippen LogP) is 3.33. The van der Waals surface area contributed by atoms with Gasteiger partial charge in [-0.05, 0) is 57.2 Å². The summed E-state index contributed by atoms with van der Waals surface area (Å²) >= 11 is 0. The van der Waals surface area contributed by atoms with Crippen molar-refractivity contribution in [3.63, 3.8) is 0 Å². The minimum Gasteiger partial charge on any atom is -0.356 e. The van der Waals surface area contributed by atoms with Crippen molar-refractivity contribution in [2.24, 2.45) is 5.92 Å². The van der Waals surface area contributed by atoms with E-state index in [0.29, 0.717) is 12.3 Å². The second kappa shape index (κ2) is 9.24. The summed E-state index contributed by atoms with van der Waals surface area (Å²) in [4.78, 5) is 31.5. The summed E-state index contributed by atoms with van der Waals surface area (Å²) in [6.45, 7) is 6.65. The molecule has 1 amide bonds. The molecule has 2 aromatic heterocycles. The molecular weight excluding hydrogens is 376 g/mol. The van der Waals surface area contributed by atoms with Crippen molar-refractivity contribution >= 4 is 22.9 Å². The maximum absolute atomic E-state index is 12.2. The minimum atomic E-state index is 0.131. The zero-order valence-corrected chi connectivity index (χ0v) is 17.8. The number of aromatic amines is 1. The van der Waals surface area contributed by atoms with Gasteiger partial charge in [-0.25, -0.2) is 15.0 Å². The minimum absolute atomic E-state index is 0.131. The largest absolute Gasteiger partial charge is 0.356 e. The quantitative estimate of drug-likeness (QED) is 0.628. The van der Waals surface area contributed by atoms with E-state index in [1.807, 2.05) is 44.2 Å². The van der Waals surface area contributed by atoms with Crippen LogP contribution in [0.3, 0.4) is 0 Å². The van der Waals surface area contributed by atoms with Gasteiger partial charge in [0.1, 0.15) is 5.82 Å². The van der Waals surface area contributed by atoms with Gasteiger partial charge in [-0.2, -0.15) is 0 Å². The number of carbonyl (C=O) groups is 1. The average Bonchev–Trinajstić information content (AvgIpc) is 3.15. The lowest BCUT2D eigenvalue weighted by Crippen LogP contribution is -2.39. The van der Waals surface area contributed by atoms with E-state index in [9.17, 15) is 4.79 Å². The van der Waals surface area contributed by atoms with Crippen LogP contribution in [0.4, 0.5) is 5.95 Å². The monoisotopic (exact) mass is 406 g/mol. The topological polar surface area (TPSA) is 86.8 Å². The van der Waals surface area contributed by atoms with Crippen molar-refractivity contribution in [3.8, 4) is 0 Å². The van der Waals surface area contributed by atoms with Gasteiger partial charge in [0.25, 0.3) is 0 Å². The number of H-pyrrole nitrogens is 1. The van der Waals surface area contributed by atoms with Crippen LogP contribution < -0.4 is 10.2 Å². The van der Waals surface area contributed by atoms with Crippen LogP contribution in [0.25, 0.3) is 11.0 Å². The molecule has 30 heavy (non-hydrogen) atoms. The highest BCUT2D eigenvalue weighted by atomic mass is 16.1. The zero-order chi connectivity index (χ0) is 20.9. The van der Waals surface area contributed by atoms with E-state index in [1.54, 1.807) is 0 Å². The van der Waals surface area contributed by atoms with E-state index in [4.69, 9.17) is 0 Å². The third-order valence-corrected chi connectivity index (χ3v) is 5.71. The van der Waals surface area contributed by atoms with E-state index in [2.05, 4.69) is 30.2 Å². The van der Waals surface area contributed by atoms with Gasteiger partial charge in [-0.15, -0.1) is 0 Å². The molecule has 0 radical (unpaired) electrons. The molecule has 0 atom stereocenters.